The minimum absolute atomic E-state index is 0.0481. The number of hydrogen-bond acceptors (Lipinski definition) is 2. The van der Waals surface area contributed by atoms with Gasteiger partial charge in [0.2, 0.25) is 5.91 Å². The first-order valence-electron chi connectivity index (χ1n) is 10.2. The van der Waals surface area contributed by atoms with Crippen LogP contribution in [0.25, 0.3) is 0 Å². The monoisotopic (exact) mass is 398 g/mol. The molecular weight excluding hydrogens is 364 g/mol. The van der Waals surface area contributed by atoms with E-state index < -0.39 is 0 Å². The summed E-state index contributed by atoms with van der Waals surface area (Å²) in [6, 6.07) is 11.3. The highest BCUT2D eigenvalue weighted by Gasteiger charge is 2.24. The number of nitrogens with zero attached hydrogens (tertiary/aromatic N) is 3. The van der Waals surface area contributed by atoms with E-state index in [-0.39, 0.29) is 24.5 Å². The molecule has 158 valence electrons. The molecule has 1 N–H and O–H groups in total. The average molecular weight is 399 g/mol. The molecule has 2 aromatic rings. The highest BCUT2D eigenvalue weighted by atomic mass is 16.2. The normalized spacial score (nSPS) is 11.0. The molecule has 0 fully saturated rings. The highest BCUT2D eigenvalue weighted by Crippen LogP contribution is 2.13. The van der Waals surface area contributed by atoms with Gasteiger partial charge in [-0.3, -0.25) is 4.79 Å². The van der Waals surface area contributed by atoms with Gasteiger partial charge in [-0.05, 0) is 56.5 Å². The number of amides is 3. The molecule has 6 nitrogen and oxygen atoms in total. The van der Waals surface area contributed by atoms with E-state index in [1.165, 1.54) is 0 Å². The fourth-order valence-corrected chi connectivity index (χ4v) is 3.20. The van der Waals surface area contributed by atoms with E-state index in [1.54, 1.807) is 4.90 Å². The summed E-state index contributed by atoms with van der Waals surface area (Å²) in [7, 11) is 1.98. The fourth-order valence-electron chi connectivity index (χ4n) is 3.20. The first kappa shape index (κ1) is 22.5. The quantitative estimate of drug-likeness (QED) is 0.722. The van der Waals surface area contributed by atoms with Crippen LogP contribution in [-0.4, -0.2) is 45.4 Å². The molecule has 1 heterocycles. The Bertz CT molecular complexity index is 826. The molecule has 29 heavy (non-hydrogen) atoms. The third kappa shape index (κ3) is 6.66. The van der Waals surface area contributed by atoms with Crippen LogP contribution in [0.2, 0.25) is 0 Å². The number of nitrogens with one attached hydrogen (secondary N) is 1. The fraction of sp³-hybridized carbons (Fsp3) is 0.478. The molecule has 0 bridgehead atoms. The van der Waals surface area contributed by atoms with Crippen LogP contribution in [0.15, 0.2) is 42.6 Å². The largest absolute Gasteiger partial charge is 0.353 e. The van der Waals surface area contributed by atoms with E-state index in [9.17, 15) is 9.59 Å². The standard InChI is InChI=1S/C23H34N4O2/c1-17(2)14-26(15-21-11-8-12-25(21)6)22(28)16-27(18(3)4)23(29)24-20-10-7-9-19(5)13-20/h7-13,17-18H,14-16H2,1-6H3,(H,24,29). The molecule has 0 spiro atoms. The minimum Gasteiger partial charge on any atom is -0.353 e. The number of urea groups is 1. The lowest BCUT2D eigenvalue weighted by Crippen LogP contribution is -2.48. The van der Waals surface area contributed by atoms with Crippen molar-refractivity contribution in [3.8, 4) is 0 Å². The third-order valence-corrected chi connectivity index (χ3v) is 4.80. The van der Waals surface area contributed by atoms with Crippen LogP contribution in [0.3, 0.4) is 0 Å². The second kappa shape index (κ2) is 10.1. The molecule has 0 aliphatic heterocycles. The number of carbonyl (C=O) groups is 2. The molecule has 0 saturated carbocycles. The van der Waals surface area contributed by atoms with Gasteiger partial charge in [0, 0.05) is 37.2 Å². The SMILES string of the molecule is Cc1cccc(NC(=O)N(CC(=O)N(Cc2cccn2C)CC(C)C)C(C)C)c1. The van der Waals surface area contributed by atoms with Gasteiger partial charge < -0.3 is 19.7 Å². The van der Waals surface area contributed by atoms with Gasteiger partial charge in [0.05, 0.1) is 6.54 Å². The van der Waals surface area contributed by atoms with Crippen LogP contribution in [0, 0.1) is 12.8 Å². The van der Waals surface area contributed by atoms with Gasteiger partial charge in [-0.25, -0.2) is 4.79 Å². The Morgan fingerprint density at radius 2 is 1.83 bits per heavy atom. The van der Waals surface area contributed by atoms with E-state index in [2.05, 4.69) is 19.2 Å². The van der Waals surface area contributed by atoms with Gasteiger partial charge in [-0.1, -0.05) is 26.0 Å². The number of hydrogen-bond donors (Lipinski definition) is 1. The second-order valence-electron chi connectivity index (χ2n) is 8.30. The number of anilines is 1. The van der Waals surface area contributed by atoms with Crippen molar-refractivity contribution < 1.29 is 9.59 Å². The van der Waals surface area contributed by atoms with E-state index in [1.807, 2.05) is 79.9 Å². The predicted molar refractivity (Wildman–Crippen MR) is 118 cm³/mol. The van der Waals surface area contributed by atoms with Gasteiger partial charge in [-0.2, -0.15) is 0 Å². The summed E-state index contributed by atoms with van der Waals surface area (Å²) < 4.78 is 2.02. The molecule has 0 saturated heterocycles. The zero-order chi connectivity index (χ0) is 21.6. The maximum atomic E-state index is 13.1. The van der Waals surface area contributed by atoms with E-state index in [0.29, 0.717) is 19.0 Å². The van der Waals surface area contributed by atoms with Crippen LogP contribution in [-0.2, 0) is 18.4 Å². The average Bonchev–Trinajstić information content (AvgIpc) is 3.03. The van der Waals surface area contributed by atoms with Gasteiger partial charge in [0.15, 0.2) is 0 Å². The zero-order valence-electron chi connectivity index (χ0n) is 18.5. The van der Waals surface area contributed by atoms with Crippen molar-refractivity contribution >= 4 is 17.6 Å². The highest BCUT2D eigenvalue weighted by molar-refractivity contribution is 5.92. The van der Waals surface area contributed by atoms with E-state index in [0.717, 1.165) is 16.9 Å². The van der Waals surface area contributed by atoms with Crippen molar-refractivity contribution in [3.63, 3.8) is 0 Å². The Hall–Kier alpha value is -2.76. The summed E-state index contributed by atoms with van der Waals surface area (Å²) in [5, 5.41) is 2.92. The van der Waals surface area contributed by atoms with E-state index in [4.69, 9.17) is 0 Å². The zero-order valence-corrected chi connectivity index (χ0v) is 18.5. The maximum Gasteiger partial charge on any atom is 0.322 e. The van der Waals surface area contributed by atoms with Crippen molar-refractivity contribution in [2.45, 2.75) is 47.2 Å². The lowest BCUT2D eigenvalue weighted by Gasteiger charge is -2.31. The number of carbonyl (C=O) groups excluding carboxylic acids is 2. The number of rotatable bonds is 8. The third-order valence-electron chi connectivity index (χ3n) is 4.80. The van der Waals surface area contributed by atoms with Crippen LogP contribution in [0.1, 0.15) is 39.0 Å². The van der Waals surface area contributed by atoms with Crippen molar-refractivity contribution in [2.24, 2.45) is 13.0 Å². The Kier molecular flexibility index (Phi) is 7.88. The van der Waals surface area contributed by atoms with Crippen LogP contribution >= 0.6 is 0 Å². The summed E-state index contributed by atoms with van der Waals surface area (Å²) in [6.45, 7) is 11.2. The summed E-state index contributed by atoms with van der Waals surface area (Å²) in [5.74, 6) is 0.292. The lowest BCUT2D eigenvalue weighted by molar-refractivity contribution is -0.133. The lowest BCUT2D eigenvalue weighted by atomic mass is 10.2. The van der Waals surface area contributed by atoms with Crippen LogP contribution in [0.4, 0.5) is 10.5 Å². The molecule has 0 unspecified atom stereocenters. The van der Waals surface area contributed by atoms with Crippen molar-refractivity contribution in [3.05, 3.63) is 53.9 Å². The summed E-state index contributed by atoms with van der Waals surface area (Å²) in [4.78, 5) is 29.4. The first-order chi connectivity index (χ1) is 13.7. The summed E-state index contributed by atoms with van der Waals surface area (Å²) in [6.07, 6.45) is 1.98. The van der Waals surface area contributed by atoms with Crippen LogP contribution < -0.4 is 5.32 Å². The maximum absolute atomic E-state index is 13.1. The number of aromatic nitrogens is 1. The Morgan fingerprint density at radius 1 is 1.10 bits per heavy atom. The Labute approximate surface area is 174 Å². The molecule has 0 aliphatic carbocycles. The van der Waals surface area contributed by atoms with Gasteiger partial charge in [0.1, 0.15) is 6.54 Å². The number of aryl methyl sites for hydroxylation is 2. The van der Waals surface area contributed by atoms with E-state index >= 15 is 0 Å². The Balaban J connectivity index is 2.12. The predicted octanol–water partition coefficient (Wildman–Crippen LogP) is 4.26. The molecule has 6 heteroatoms. The van der Waals surface area contributed by atoms with Crippen molar-refractivity contribution in [1.29, 1.82) is 0 Å². The molecule has 0 atom stereocenters. The first-order valence-corrected chi connectivity index (χ1v) is 10.2. The summed E-state index contributed by atoms with van der Waals surface area (Å²) in [5.41, 5.74) is 2.87. The topological polar surface area (TPSA) is 57.6 Å². The molecule has 2 rings (SSSR count). The van der Waals surface area contributed by atoms with Gasteiger partial charge >= 0.3 is 6.03 Å². The van der Waals surface area contributed by atoms with Gasteiger partial charge in [-0.15, -0.1) is 0 Å². The molecular formula is C23H34N4O2. The molecule has 0 aliphatic rings. The molecule has 3 amide bonds. The Morgan fingerprint density at radius 3 is 2.38 bits per heavy atom. The number of benzene rings is 1. The second-order valence-corrected chi connectivity index (χ2v) is 8.30. The summed E-state index contributed by atoms with van der Waals surface area (Å²) >= 11 is 0. The molecule has 0 radical (unpaired) electrons. The van der Waals surface area contributed by atoms with Crippen LogP contribution in [0.5, 0.6) is 0 Å². The van der Waals surface area contributed by atoms with Gasteiger partial charge in [0.25, 0.3) is 0 Å². The van der Waals surface area contributed by atoms with Crippen molar-refractivity contribution in [1.82, 2.24) is 14.4 Å². The minimum atomic E-state index is -0.262. The molecule has 1 aromatic carbocycles. The smallest absolute Gasteiger partial charge is 0.322 e. The molecule has 1 aromatic heterocycles. The van der Waals surface area contributed by atoms with Crippen molar-refractivity contribution in [2.75, 3.05) is 18.4 Å².